The highest BCUT2D eigenvalue weighted by atomic mass is 32.2. The van der Waals surface area contributed by atoms with Gasteiger partial charge in [0.15, 0.2) is 0 Å². The van der Waals surface area contributed by atoms with Crippen molar-refractivity contribution < 1.29 is 5.11 Å². The van der Waals surface area contributed by atoms with Crippen molar-refractivity contribution in [2.45, 2.75) is 9.79 Å². The van der Waals surface area contributed by atoms with Crippen LogP contribution in [0.3, 0.4) is 0 Å². The number of aromatic nitrogens is 2. The number of rotatable bonds is 2. The van der Waals surface area contributed by atoms with Gasteiger partial charge in [0.25, 0.3) is 0 Å². The Bertz CT molecular complexity index is 686. The lowest BCUT2D eigenvalue weighted by molar-refractivity contribution is 0.479. The minimum atomic E-state index is 0.216. The van der Waals surface area contributed by atoms with Gasteiger partial charge in [-0.25, -0.2) is 0 Å². The maximum Gasteiger partial charge on any atom is 0.141 e. The lowest BCUT2D eigenvalue weighted by Gasteiger charge is -2.04. The number of fused-ring (bicyclic) bond motifs is 1. The maximum atomic E-state index is 9.67. The van der Waals surface area contributed by atoms with Gasteiger partial charge in [-0.15, -0.1) is 0 Å². The third-order valence-corrected chi connectivity index (χ3v) is 3.59. The van der Waals surface area contributed by atoms with Gasteiger partial charge in [0, 0.05) is 39.2 Å². The summed E-state index contributed by atoms with van der Waals surface area (Å²) in [7, 11) is 0. The fourth-order valence-corrected chi connectivity index (χ4v) is 2.60. The molecule has 3 rings (SSSR count). The van der Waals surface area contributed by atoms with Gasteiger partial charge in [0.05, 0.1) is 6.20 Å². The predicted octanol–water partition coefficient (Wildman–Crippen LogP) is 3.49. The second-order valence-corrected chi connectivity index (χ2v) is 4.97. The van der Waals surface area contributed by atoms with Crippen LogP contribution in [0.25, 0.3) is 10.8 Å². The molecule has 3 nitrogen and oxygen atoms in total. The van der Waals surface area contributed by atoms with Crippen molar-refractivity contribution in [1.29, 1.82) is 0 Å². The van der Waals surface area contributed by atoms with Crippen molar-refractivity contribution in [3.8, 4) is 5.75 Å². The Morgan fingerprint density at radius 1 is 0.889 bits per heavy atom. The molecule has 0 radical (unpaired) electrons. The van der Waals surface area contributed by atoms with Crippen LogP contribution in [0.15, 0.2) is 64.9 Å². The summed E-state index contributed by atoms with van der Waals surface area (Å²) < 4.78 is 0. The highest BCUT2D eigenvalue weighted by Crippen LogP contribution is 2.31. The van der Waals surface area contributed by atoms with Gasteiger partial charge in [-0.3, -0.25) is 9.97 Å². The first-order valence-electron chi connectivity index (χ1n) is 5.47. The summed E-state index contributed by atoms with van der Waals surface area (Å²) in [6, 6.07) is 9.86. The molecule has 18 heavy (non-hydrogen) atoms. The van der Waals surface area contributed by atoms with E-state index in [0.29, 0.717) is 0 Å². The molecule has 0 unspecified atom stereocenters. The van der Waals surface area contributed by atoms with Crippen LogP contribution >= 0.6 is 11.8 Å². The van der Waals surface area contributed by atoms with Crippen molar-refractivity contribution in [2.24, 2.45) is 0 Å². The van der Waals surface area contributed by atoms with Gasteiger partial charge in [-0.05, 0) is 30.3 Å². The van der Waals surface area contributed by atoms with E-state index in [1.807, 2.05) is 30.3 Å². The molecule has 0 atom stereocenters. The molecule has 0 saturated carbocycles. The SMILES string of the molecule is Oc1cncc2cc(Sc3ccncc3)ccc12. The van der Waals surface area contributed by atoms with E-state index in [2.05, 4.69) is 9.97 Å². The molecule has 0 aliphatic carbocycles. The number of aromatic hydroxyl groups is 1. The van der Waals surface area contributed by atoms with Crippen molar-refractivity contribution in [3.63, 3.8) is 0 Å². The molecule has 0 saturated heterocycles. The van der Waals surface area contributed by atoms with Gasteiger partial charge in [-0.2, -0.15) is 0 Å². The first-order chi connectivity index (χ1) is 8.83. The molecule has 1 N–H and O–H groups in total. The summed E-state index contributed by atoms with van der Waals surface area (Å²) in [4.78, 5) is 10.2. The summed E-state index contributed by atoms with van der Waals surface area (Å²) in [5.74, 6) is 0.216. The van der Waals surface area contributed by atoms with Gasteiger partial charge < -0.3 is 5.11 Å². The second-order valence-electron chi connectivity index (χ2n) is 3.83. The lowest BCUT2D eigenvalue weighted by atomic mass is 10.2. The molecule has 0 bridgehead atoms. The van der Waals surface area contributed by atoms with E-state index in [1.165, 1.54) is 6.20 Å². The van der Waals surface area contributed by atoms with Crippen molar-refractivity contribution in [2.75, 3.05) is 0 Å². The lowest BCUT2D eigenvalue weighted by Crippen LogP contribution is -1.79. The molecule has 0 amide bonds. The van der Waals surface area contributed by atoms with Crippen molar-refractivity contribution >= 4 is 22.5 Å². The highest BCUT2D eigenvalue weighted by Gasteiger charge is 2.02. The number of hydrogen-bond acceptors (Lipinski definition) is 4. The summed E-state index contributed by atoms with van der Waals surface area (Å²) >= 11 is 1.66. The topological polar surface area (TPSA) is 46.0 Å². The van der Waals surface area contributed by atoms with Crippen LogP contribution in [0.2, 0.25) is 0 Å². The van der Waals surface area contributed by atoms with Crippen molar-refractivity contribution in [1.82, 2.24) is 9.97 Å². The van der Waals surface area contributed by atoms with Gasteiger partial charge in [0.1, 0.15) is 5.75 Å². The predicted molar refractivity (Wildman–Crippen MR) is 71.8 cm³/mol. The average molecular weight is 254 g/mol. The Morgan fingerprint density at radius 2 is 1.72 bits per heavy atom. The summed E-state index contributed by atoms with van der Waals surface area (Å²) in [6.07, 6.45) is 6.76. The first kappa shape index (κ1) is 11.0. The van der Waals surface area contributed by atoms with E-state index in [-0.39, 0.29) is 5.75 Å². The highest BCUT2D eigenvalue weighted by molar-refractivity contribution is 7.99. The minimum Gasteiger partial charge on any atom is -0.506 e. The number of pyridine rings is 2. The molecule has 2 aromatic heterocycles. The van der Waals surface area contributed by atoms with Crippen molar-refractivity contribution in [3.05, 3.63) is 55.1 Å². The van der Waals surface area contributed by atoms with Crippen LogP contribution < -0.4 is 0 Å². The standard InChI is InChI=1S/C14H10N2OS/c17-14-9-16-8-10-7-12(1-2-13(10)14)18-11-3-5-15-6-4-11/h1-9,17H. The smallest absolute Gasteiger partial charge is 0.141 e. The van der Waals surface area contributed by atoms with Crippen LogP contribution in [0, 0.1) is 0 Å². The van der Waals surface area contributed by atoms with Gasteiger partial charge in [0.2, 0.25) is 0 Å². The average Bonchev–Trinajstić information content (AvgIpc) is 2.40. The maximum absolute atomic E-state index is 9.67. The Balaban J connectivity index is 1.99. The fourth-order valence-electron chi connectivity index (χ4n) is 1.74. The van der Waals surface area contributed by atoms with E-state index in [4.69, 9.17) is 0 Å². The summed E-state index contributed by atoms with van der Waals surface area (Å²) in [5, 5.41) is 11.4. The molecule has 2 heterocycles. The third kappa shape index (κ3) is 2.15. The van der Waals surface area contributed by atoms with Crippen LogP contribution in [0.4, 0.5) is 0 Å². The minimum absolute atomic E-state index is 0.216. The van der Waals surface area contributed by atoms with E-state index >= 15 is 0 Å². The number of hydrogen-bond donors (Lipinski definition) is 1. The van der Waals surface area contributed by atoms with Gasteiger partial charge >= 0.3 is 0 Å². The van der Waals surface area contributed by atoms with Crippen LogP contribution in [0.1, 0.15) is 0 Å². The van der Waals surface area contributed by atoms with Crippen LogP contribution in [0.5, 0.6) is 5.75 Å². The molecular formula is C14H10N2OS. The third-order valence-electron chi connectivity index (χ3n) is 2.59. The van der Waals surface area contributed by atoms with E-state index in [9.17, 15) is 5.11 Å². The molecule has 0 spiro atoms. The van der Waals surface area contributed by atoms with E-state index < -0.39 is 0 Å². The normalized spacial score (nSPS) is 10.7. The van der Waals surface area contributed by atoms with E-state index in [1.54, 1.807) is 30.4 Å². The zero-order valence-corrected chi connectivity index (χ0v) is 10.3. The zero-order valence-electron chi connectivity index (χ0n) is 9.45. The number of nitrogens with zero attached hydrogens (tertiary/aromatic N) is 2. The second kappa shape index (κ2) is 4.66. The monoisotopic (exact) mass is 254 g/mol. The summed E-state index contributed by atoms with van der Waals surface area (Å²) in [5.41, 5.74) is 0. The largest absolute Gasteiger partial charge is 0.506 e. The van der Waals surface area contributed by atoms with Gasteiger partial charge in [-0.1, -0.05) is 11.8 Å². The molecule has 0 aliphatic heterocycles. The van der Waals surface area contributed by atoms with Crippen LogP contribution in [-0.2, 0) is 0 Å². The molecule has 0 fully saturated rings. The molecule has 0 aliphatic rings. The molecule has 4 heteroatoms. The number of benzene rings is 1. The Morgan fingerprint density at radius 3 is 2.56 bits per heavy atom. The Kier molecular flexibility index (Phi) is 2.86. The first-order valence-corrected chi connectivity index (χ1v) is 6.29. The molecule has 1 aromatic carbocycles. The van der Waals surface area contributed by atoms with Crippen LogP contribution in [-0.4, -0.2) is 15.1 Å². The molecule has 3 aromatic rings. The molecular weight excluding hydrogens is 244 g/mol. The zero-order chi connectivity index (χ0) is 12.4. The quantitative estimate of drug-likeness (QED) is 0.760. The molecule has 88 valence electrons. The Labute approximate surface area is 109 Å². The Hall–Kier alpha value is -2.07. The fraction of sp³-hybridized carbons (Fsp3) is 0. The summed E-state index contributed by atoms with van der Waals surface area (Å²) in [6.45, 7) is 0. The van der Waals surface area contributed by atoms with E-state index in [0.717, 1.165) is 20.6 Å².